The number of rotatable bonds is 13. The molecule has 0 radical (unpaired) electrons. The fraction of sp³-hybridized carbons (Fsp3) is 0.298. The van der Waals surface area contributed by atoms with Crippen LogP contribution in [-0.4, -0.2) is 223 Å². The SMILES string of the molecule is CCN1CC=C(c2ccc3nc(-c4ccc5nn(C)cc5c4)cc(=O)n3c2)CC1.CCN1CCC(c2ccc3nc(-c4ccc5nc(C)cn5c4)cc(=O)n3c2)CC1.CN1CC=C(c2ccc3nc(-c4ccc5nn(C)cc5c4)cc(=O)n3c2)CC1.CN1CCC(c2ccc3nc(-c4ccc5c(cnn5C)c4)cc(=O)n3c2)CC1.Cc1cn2cc(-c3cc(=O)n4cc(C5=CCN(C(C)C)CC5)ncc4n3)cc2c(C)n1. The Hall–Kier alpha value is -15.8. The van der Waals surface area contributed by atoms with E-state index in [0.29, 0.717) is 74.6 Å². The molecule has 2 saturated heterocycles. The summed E-state index contributed by atoms with van der Waals surface area (Å²) in [4.78, 5) is 114. The van der Waals surface area contributed by atoms with E-state index in [1.807, 2.05) is 227 Å². The molecule has 25 rings (SSSR count). The summed E-state index contributed by atoms with van der Waals surface area (Å²) in [6, 6.07) is 48.7. The maximum Gasteiger partial charge on any atom is 0.258 e. The van der Waals surface area contributed by atoms with Crippen molar-refractivity contribution in [1.82, 2.24) is 125 Å². The minimum atomic E-state index is -0.106. The molecule has 0 bridgehead atoms. The van der Waals surface area contributed by atoms with Gasteiger partial charge in [-0.15, -0.1) is 0 Å². The summed E-state index contributed by atoms with van der Waals surface area (Å²) >= 11 is 0. The number of imidazole rings is 1. The zero-order valence-electron chi connectivity index (χ0n) is 84.0. The number of likely N-dealkylation sites (N-methyl/N-ethyl adjacent to an activating group) is 2. The highest BCUT2D eigenvalue weighted by Gasteiger charge is 2.26. The Labute approximate surface area is 837 Å². The number of pyridine rings is 5. The molecule has 145 heavy (non-hydrogen) atoms. The van der Waals surface area contributed by atoms with Crippen molar-refractivity contribution < 1.29 is 0 Å². The third-order valence-electron chi connectivity index (χ3n) is 29.0. The zero-order chi connectivity index (χ0) is 100. The Morgan fingerprint density at radius 3 is 1.32 bits per heavy atom. The van der Waals surface area contributed by atoms with Crippen LogP contribution >= 0.6 is 0 Å². The van der Waals surface area contributed by atoms with Crippen LogP contribution in [0.1, 0.15) is 130 Å². The standard InChI is InChI=1S/C24H26N6O.C23H25N5O.C23H23N5O.C22H23N5O.C22H21N5O/c1-15(2)28-7-5-18(6-8-28)21-14-30-23(11-25-21)27-20(10-24(30)31)19-9-22-17(4)26-16(3)12-29(22)13-19;1-3-26-10-8-17(9-11-26)18-4-7-22-25-20(12-23(29)28(22)15-18)19-5-6-21-24-16(2)13-27(21)14-19;1-3-27-10-8-16(9-11-27)18-5-7-22-24-21(13-23(29)28(22)15-18)17-4-6-20-19(12-17)14-26(2)25-20;1-25-9-7-15(8-10-25)17-4-6-21-24-19(12-22(28)27(21)14-17)16-3-5-20-18(11-16)13-23-26(20)2;1-25-9-7-15(8-10-25)17-4-6-21-23-20(12-22(28)27(21)14-17)16-3-5-19-18(11-16)13-26(2)24-19/h5,9-15H,6-8H2,1-4H3;4-7,12-15,17H,3,8-11H2,1-2H3;4-8,12-15H,3,9-11H2,1-2H3;3-6,11-15H,7-10H2,1-2H3;3-7,11-14H,8-10H2,1-2H3. The highest BCUT2D eigenvalue weighted by molar-refractivity contribution is 5.87. The zero-order valence-corrected chi connectivity index (χ0v) is 84.0. The van der Waals surface area contributed by atoms with Gasteiger partial charge in [0.25, 0.3) is 27.8 Å². The smallest absolute Gasteiger partial charge is 0.258 e. The fourth-order valence-corrected chi connectivity index (χ4v) is 20.6. The molecule has 3 aromatic carbocycles. The van der Waals surface area contributed by atoms with Gasteiger partial charge in [0, 0.05) is 209 Å². The van der Waals surface area contributed by atoms with Crippen molar-refractivity contribution >= 4 is 88.8 Å². The second-order valence-corrected chi connectivity index (χ2v) is 39.3. The Morgan fingerprint density at radius 2 is 0.793 bits per heavy atom. The Balaban J connectivity index is 0.000000107. The van der Waals surface area contributed by atoms with Gasteiger partial charge in [-0.25, -0.2) is 29.9 Å². The van der Waals surface area contributed by atoms with Gasteiger partial charge in [-0.1, -0.05) is 62.4 Å². The second-order valence-electron chi connectivity index (χ2n) is 39.3. The van der Waals surface area contributed by atoms with Crippen molar-refractivity contribution in [2.45, 2.75) is 111 Å². The maximum atomic E-state index is 12.9. The highest BCUT2D eigenvalue weighted by atomic mass is 16.1. The normalized spacial score (nSPS) is 15.6. The summed E-state index contributed by atoms with van der Waals surface area (Å²) in [6.07, 6.45) is 39.2. The molecule has 31 nitrogen and oxygen atoms in total. The summed E-state index contributed by atoms with van der Waals surface area (Å²) < 4.78 is 17.7. The summed E-state index contributed by atoms with van der Waals surface area (Å²) in [5.74, 6) is 1.03. The van der Waals surface area contributed by atoms with Crippen LogP contribution < -0.4 is 27.8 Å². The number of hydrogen-bond acceptors (Lipinski definition) is 21. The van der Waals surface area contributed by atoms with Crippen molar-refractivity contribution in [3.63, 3.8) is 0 Å². The van der Waals surface area contributed by atoms with Crippen LogP contribution in [0.4, 0.5) is 0 Å². The third-order valence-corrected chi connectivity index (χ3v) is 29.0. The molecule has 0 unspecified atom stereocenters. The van der Waals surface area contributed by atoms with Crippen LogP contribution in [0, 0.1) is 20.8 Å². The van der Waals surface area contributed by atoms with E-state index in [-0.39, 0.29) is 27.8 Å². The topological polar surface area (TPSA) is 289 Å². The number of fused-ring (bicyclic) bond motifs is 10. The Kier molecular flexibility index (Phi) is 26.7. The van der Waals surface area contributed by atoms with Crippen molar-refractivity contribution in [1.29, 1.82) is 0 Å². The van der Waals surface area contributed by atoms with Gasteiger partial charge >= 0.3 is 0 Å². The molecular formula is C114H118N26O5. The Morgan fingerprint density at radius 1 is 0.338 bits per heavy atom. The molecule has 0 saturated carbocycles. The monoisotopic (exact) mass is 1930 g/mol. The number of aryl methyl sites for hydroxylation is 6. The van der Waals surface area contributed by atoms with Gasteiger partial charge < -0.3 is 23.5 Å². The van der Waals surface area contributed by atoms with Gasteiger partial charge in [-0.05, 0) is 275 Å². The minimum Gasteiger partial charge on any atom is -0.320 e. The van der Waals surface area contributed by atoms with E-state index in [9.17, 15) is 24.0 Å². The molecule has 0 amide bonds. The first-order valence-corrected chi connectivity index (χ1v) is 50.1. The van der Waals surface area contributed by atoms with E-state index < -0.39 is 0 Å². The lowest BCUT2D eigenvalue weighted by Crippen LogP contribution is -2.34. The van der Waals surface area contributed by atoms with Crippen LogP contribution in [-0.2, 0) is 21.1 Å². The van der Waals surface area contributed by atoms with Gasteiger partial charge in [0.1, 0.15) is 28.2 Å². The van der Waals surface area contributed by atoms with Crippen LogP contribution in [0.15, 0.2) is 274 Å². The van der Waals surface area contributed by atoms with Gasteiger partial charge in [-0.3, -0.25) is 79.8 Å². The molecule has 17 aromatic heterocycles. The summed E-state index contributed by atoms with van der Waals surface area (Å²) in [5.41, 5.74) is 27.8. The van der Waals surface area contributed by atoms with Crippen LogP contribution in [0.25, 0.3) is 145 Å². The number of benzene rings is 3. The van der Waals surface area contributed by atoms with Crippen LogP contribution in [0.2, 0.25) is 0 Å². The van der Waals surface area contributed by atoms with Crippen molar-refractivity contribution in [3.8, 4) is 56.3 Å². The molecule has 0 N–H and O–H groups in total. The quantitative estimate of drug-likeness (QED) is 0.104. The number of nitrogens with zero attached hydrogens (tertiary/aromatic N) is 26. The number of likely N-dealkylation sites (tertiary alicyclic amines) is 2. The van der Waals surface area contributed by atoms with E-state index >= 15 is 0 Å². The summed E-state index contributed by atoms with van der Waals surface area (Å²) in [7, 11) is 10.0. The molecule has 5 aliphatic rings. The first-order valence-electron chi connectivity index (χ1n) is 50.1. The van der Waals surface area contributed by atoms with Gasteiger partial charge in [0.15, 0.2) is 5.65 Å². The fourth-order valence-electron chi connectivity index (χ4n) is 20.6. The summed E-state index contributed by atoms with van der Waals surface area (Å²) in [5, 5.41) is 16.2. The first-order chi connectivity index (χ1) is 70.2. The average Bonchev–Trinajstić information content (AvgIpc) is 1.59. The third kappa shape index (κ3) is 20.4. The molecule has 0 atom stereocenters. The van der Waals surface area contributed by atoms with E-state index in [1.54, 1.807) is 67.9 Å². The molecule has 0 spiro atoms. The second kappa shape index (κ2) is 40.5. The van der Waals surface area contributed by atoms with Gasteiger partial charge in [-0.2, -0.15) is 15.3 Å². The average molecular weight is 1930 g/mol. The van der Waals surface area contributed by atoms with Crippen molar-refractivity contribution in [3.05, 3.63) is 347 Å². The van der Waals surface area contributed by atoms with Crippen molar-refractivity contribution in [2.24, 2.45) is 21.1 Å². The van der Waals surface area contributed by atoms with Gasteiger partial charge in [0.05, 0.1) is 85.7 Å². The maximum absolute atomic E-state index is 12.9. The van der Waals surface area contributed by atoms with E-state index in [4.69, 9.17) is 24.9 Å². The van der Waals surface area contributed by atoms with Crippen LogP contribution in [0.3, 0.4) is 0 Å². The molecule has 22 heterocycles. The number of piperidine rings is 2. The van der Waals surface area contributed by atoms with E-state index in [1.165, 1.54) is 27.8 Å². The largest absolute Gasteiger partial charge is 0.320 e. The van der Waals surface area contributed by atoms with Crippen molar-refractivity contribution in [2.75, 3.05) is 92.6 Å². The lowest BCUT2D eigenvalue weighted by Gasteiger charge is -2.31. The molecule has 0 aliphatic carbocycles. The van der Waals surface area contributed by atoms with Gasteiger partial charge in [0.2, 0.25) is 0 Å². The molecule has 31 heteroatoms. The molecule has 2 fully saturated rings. The number of aromatic nitrogens is 21. The highest BCUT2D eigenvalue weighted by Crippen LogP contribution is 2.35. The predicted octanol–water partition coefficient (Wildman–Crippen LogP) is 16.4. The first kappa shape index (κ1) is 95.4. The molecular weight excluding hydrogens is 1810 g/mol. The van der Waals surface area contributed by atoms with E-state index in [2.05, 4.69) is 139 Å². The summed E-state index contributed by atoms with van der Waals surface area (Å²) in [6.45, 7) is 27.3. The van der Waals surface area contributed by atoms with E-state index in [0.717, 1.165) is 229 Å². The molecule has 734 valence electrons. The predicted molar refractivity (Wildman–Crippen MR) is 574 cm³/mol. The minimum absolute atomic E-state index is 0.0407. The molecule has 20 aromatic rings. The lowest BCUT2D eigenvalue weighted by atomic mass is 9.90. The van der Waals surface area contributed by atoms with Crippen LogP contribution in [0.5, 0.6) is 0 Å². The molecule has 5 aliphatic heterocycles. The Bertz CT molecular complexity index is 8840. The lowest BCUT2D eigenvalue weighted by molar-refractivity contribution is 0.222. The number of hydrogen-bond donors (Lipinski definition) is 0.